The van der Waals surface area contributed by atoms with Gasteiger partial charge in [-0.05, 0) is 6.08 Å². The highest BCUT2D eigenvalue weighted by Gasteiger charge is 2.52. The molecule has 0 bridgehead atoms. The molecule has 1 saturated heterocycles. The van der Waals surface area contributed by atoms with E-state index in [1.807, 2.05) is 0 Å². The summed E-state index contributed by atoms with van der Waals surface area (Å²) >= 11 is 0. The first-order valence-corrected chi connectivity index (χ1v) is 10.6. The molecule has 0 amide bonds. The molecule has 12 heteroatoms. The number of rotatable bonds is 14. The predicted molar refractivity (Wildman–Crippen MR) is 113 cm³/mol. The lowest BCUT2D eigenvalue weighted by Gasteiger charge is -2.44. The minimum absolute atomic E-state index is 0.0142. The Morgan fingerprint density at radius 2 is 1.35 bits per heavy atom. The van der Waals surface area contributed by atoms with Crippen molar-refractivity contribution >= 4 is 23.9 Å². The van der Waals surface area contributed by atoms with E-state index in [1.165, 1.54) is 6.92 Å². The van der Waals surface area contributed by atoms with Gasteiger partial charge in [0.05, 0.1) is 33.0 Å². The average molecular weight is 488 g/mol. The molecule has 12 nitrogen and oxygen atoms in total. The standard InChI is InChI=1S/C22H32O12/c1-6-7-8-27-9-10-28-11-12-29-22-21(33-17(5)26)20(32-16(4)25)19(31-15(3)24)18(34-22)13-30-14(2)23/h7,18-22H,1,8-13H2,2-5H3/t18-,19-,20+,21+,22+/m1/s1. The van der Waals surface area contributed by atoms with Gasteiger partial charge in [-0.25, -0.2) is 0 Å². The molecule has 0 aromatic carbocycles. The third-order valence-electron chi connectivity index (χ3n) is 4.18. The normalized spacial score (nSPS) is 23.8. The monoisotopic (exact) mass is 488 g/mol. The fourth-order valence-electron chi connectivity index (χ4n) is 2.97. The summed E-state index contributed by atoms with van der Waals surface area (Å²) in [5.41, 5.74) is 2.58. The Bertz CT molecular complexity index is 729. The molecule has 5 atom stereocenters. The molecular weight excluding hydrogens is 456 g/mol. The Morgan fingerprint density at radius 3 is 1.94 bits per heavy atom. The van der Waals surface area contributed by atoms with Crippen molar-refractivity contribution in [3.8, 4) is 0 Å². The summed E-state index contributed by atoms with van der Waals surface area (Å²) in [6, 6.07) is 0. The number of hydrogen-bond donors (Lipinski definition) is 0. The number of ether oxygens (including phenoxy) is 8. The third kappa shape index (κ3) is 11.4. The molecule has 0 N–H and O–H groups in total. The van der Waals surface area contributed by atoms with E-state index in [2.05, 4.69) is 12.3 Å². The van der Waals surface area contributed by atoms with Crippen molar-refractivity contribution in [3.05, 3.63) is 18.4 Å². The maximum atomic E-state index is 11.8. The number of carbonyl (C=O) groups excluding carboxylic acids is 4. The molecule has 0 radical (unpaired) electrons. The van der Waals surface area contributed by atoms with E-state index in [1.54, 1.807) is 6.08 Å². The molecule has 0 aromatic heterocycles. The van der Waals surface area contributed by atoms with Gasteiger partial charge in [0, 0.05) is 27.7 Å². The van der Waals surface area contributed by atoms with Gasteiger partial charge >= 0.3 is 23.9 Å². The van der Waals surface area contributed by atoms with Gasteiger partial charge in [-0.2, -0.15) is 0 Å². The van der Waals surface area contributed by atoms with E-state index < -0.39 is 54.6 Å². The smallest absolute Gasteiger partial charge is 0.303 e. The van der Waals surface area contributed by atoms with E-state index in [9.17, 15) is 19.2 Å². The largest absolute Gasteiger partial charge is 0.463 e. The second-order valence-electron chi connectivity index (χ2n) is 7.03. The number of hydrogen-bond acceptors (Lipinski definition) is 12. The summed E-state index contributed by atoms with van der Waals surface area (Å²) in [7, 11) is 0. The zero-order valence-corrected chi connectivity index (χ0v) is 19.8. The van der Waals surface area contributed by atoms with Crippen LogP contribution in [0.1, 0.15) is 27.7 Å². The first kappa shape index (κ1) is 29.3. The van der Waals surface area contributed by atoms with E-state index >= 15 is 0 Å². The van der Waals surface area contributed by atoms with Crippen LogP contribution in [0.4, 0.5) is 0 Å². The molecule has 0 aliphatic carbocycles. The Balaban J connectivity index is 2.91. The lowest BCUT2D eigenvalue weighted by Crippen LogP contribution is -2.63. The maximum absolute atomic E-state index is 11.8. The molecular formula is C22H32O12. The van der Waals surface area contributed by atoms with Gasteiger partial charge in [0.25, 0.3) is 0 Å². The van der Waals surface area contributed by atoms with Crippen molar-refractivity contribution in [1.82, 2.24) is 0 Å². The second-order valence-corrected chi connectivity index (χ2v) is 7.03. The third-order valence-corrected chi connectivity index (χ3v) is 4.18. The molecule has 0 spiro atoms. The van der Waals surface area contributed by atoms with E-state index in [-0.39, 0.29) is 19.8 Å². The van der Waals surface area contributed by atoms with Crippen LogP contribution in [0.2, 0.25) is 0 Å². The maximum Gasteiger partial charge on any atom is 0.303 e. The van der Waals surface area contributed by atoms with Crippen LogP contribution in [0.15, 0.2) is 18.4 Å². The van der Waals surface area contributed by atoms with E-state index in [0.717, 1.165) is 20.8 Å². The Kier molecular flexibility index (Phi) is 13.7. The topological polar surface area (TPSA) is 142 Å². The Labute approximate surface area is 198 Å². The SMILES string of the molecule is C=C=CCOCCOCCO[C@H]1O[C@H](COC(C)=O)[C@@H](OC(C)=O)[C@H](OC(C)=O)[C@@H]1OC(C)=O. The molecule has 0 unspecified atom stereocenters. The van der Waals surface area contributed by atoms with E-state index in [0.29, 0.717) is 19.8 Å². The molecule has 34 heavy (non-hydrogen) atoms. The minimum Gasteiger partial charge on any atom is -0.463 e. The van der Waals surface area contributed by atoms with Crippen LogP contribution in [-0.4, -0.2) is 94.2 Å². The van der Waals surface area contributed by atoms with Crippen LogP contribution in [0.5, 0.6) is 0 Å². The van der Waals surface area contributed by atoms with Crippen LogP contribution in [0, 0.1) is 0 Å². The van der Waals surface area contributed by atoms with Crippen molar-refractivity contribution in [1.29, 1.82) is 0 Å². The van der Waals surface area contributed by atoms with Gasteiger partial charge in [0.15, 0.2) is 24.6 Å². The van der Waals surface area contributed by atoms with Crippen molar-refractivity contribution in [2.24, 2.45) is 0 Å². The number of esters is 4. The van der Waals surface area contributed by atoms with Crippen molar-refractivity contribution in [3.63, 3.8) is 0 Å². The summed E-state index contributed by atoms with van der Waals surface area (Å²) < 4.78 is 43.0. The molecule has 1 fully saturated rings. The highest BCUT2D eigenvalue weighted by molar-refractivity contribution is 5.68. The minimum atomic E-state index is -1.28. The van der Waals surface area contributed by atoms with Crippen molar-refractivity contribution < 1.29 is 57.1 Å². The van der Waals surface area contributed by atoms with Gasteiger partial charge in [0.1, 0.15) is 12.7 Å². The van der Waals surface area contributed by atoms with Crippen molar-refractivity contribution in [2.45, 2.75) is 58.4 Å². The molecule has 192 valence electrons. The fourth-order valence-corrected chi connectivity index (χ4v) is 2.97. The first-order chi connectivity index (χ1) is 16.1. The van der Waals surface area contributed by atoms with Crippen LogP contribution >= 0.6 is 0 Å². The lowest BCUT2D eigenvalue weighted by molar-refractivity contribution is -0.309. The van der Waals surface area contributed by atoms with Crippen molar-refractivity contribution in [2.75, 3.05) is 39.6 Å². The molecule has 1 heterocycles. The van der Waals surface area contributed by atoms with Gasteiger partial charge in [-0.1, -0.05) is 6.58 Å². The second kappa shape index (κ2) is 16.0. The summed E-state index contributed by atoms with van der Waals surface area (Å²) in [5.74, 6) is -2.74. The van der Waals surface area contributed by atoms with Crippen LogP contribution < -0.4 is 0 Å². The lowest BCUT2D eigenvalue weighted by atomic mass is 9.98. The predicted octanol–water partition coefficient (Wildman–Crippen LogP) is 0.460. The van der Waals surface area contributed by atoms with Gasteiger partial charge in [0.2, 0.25) is 0 Å². The number of carbonyl (C=O) groups is 4. The zero-order valence-electron chi connectivity index (χ0n) is 19.8. The highest BCUT2D eigenvalue weighted by Crippen LogP contribution is 2.29. The molecule has 0 saturated carbocycles. The molecule has 0 aromatic rings. The fraction of sp³-hybridized carbons (Fsp3) is 0.682. The van der Waals surface area contributed by atoms with Crippen LogP contribution in [0.25, 0.3) is 0 Å². The highest BCUT2D eigenvalue weighted by atomic mass is 16.7. The quantitative estimate of drug-likeness (QED) is 0.145. The summed E-state index contributed by atoms with van der Waals surface area (Å²) in [6.07, 6.45) is -4.46. The summed E-state index contributed by atoms with van der Waals surface area (Å²) in [6.45, 7) is 8.90. The van der Waals surface area contributed by atoms with Crippen LogP contribution in [0.3, 0.4) is 0 Å². The van der Waals surface area contributed by atoms with Gasteiger partial charge in [-0.15, -0.1) is 5.73 Å². The van der Waals surface area contributed by atoms with Crippen LogP contribution in [-0.2, 0) is 57.1 Å². The Hall–Kier alpha value is -2.76. The summed E-state index contributed by atoms with van der Waals surface area (Å²) in [5, 5.41) is 0. The first-order valence-electron chi connectivity index (χ1n) is 10.6. The molecule has 1 aliphatic heterocycles. The summed E-state index contributed by atoms with van der Waals surface area (Å²) in [4.78, 5) is 46.5. The van der Waals surface area contributed by atoms with Gasteiger partial charge in [-0.3, -0.25) is 19.2 Å². The zero-order chi connectivity index (χ0) is 25.5. The average Bonchev–Trinajstić information content (AvgIpc) is 2.74. The van der Waals surface area contributed by atoms with Gasteiger partial charge < -0.3 is 37.9 Å². The van der Waals surface area contributed by atoms with E-state index in [4.69, 9.17) is 37.9 Å². The Morgan fingerprint density at radius 1 is 0.794 bits per heavy atom. The molecule has 1 aliphatic rings. The molecule has 1 rings (SSSR count).